The van der Waals surface area contributed by atoms with E-state index >= 15 is 0 Å². The van der Waals surface area contributed by atoms with Crippen LogP contribution in [0.2, 0.25) is 0 Å². The van der Waals surface area contributed by atoms with E-state index in [4.69, 9.17) is 0 Å². The first-order chi connectivity index (χ1) is 17.7. The van der Waals surface area contributed by atoms with Gasteiger partial charge in [0.05, 0.1) is 12.1 Å². The molecule has 0 atom stereocenters. The van der Waals surface area contributed by atoms with Crippen molar-refractivity contribution in [3.63, 3.8) is 0 Å². The summed E-state index contributed by atoms with van der Waals surface area (Å²) in [6.07, 6.45) is 26.3. The molecule has 0 radical (unpaired) electrons. The molecule has 0 aliphatic carbocycles. The van der Waals surface area contributed by atoms with Gasteiger partial charge >= 0.3 is 0 Å². The monoisotopic (exact) mass is 521 g/mol. The summed E-state index contributed by atoms with van der Waals surface area (Å²) in [6, 6.07) is 8.42. The second-order valence-electron chi connectivity index (χ2n) is 11.6. The van der Waals surface area contributed by atoms with Crippen LogP contribution in [-0.2, 0) is 6.42 Å². The Morgan fingerprint density at radius 3 is 1.08 bits per heavy atom. The van der Waals surface area contributed by atoms with E-state index in [0.29, 0.717) is 17.5 Å². The highest BCUT2D eigenvalue weighted by molar-refractivity contribution is 6.55. The first kappa shape index (κ1) is 38.3. The van der Waals surface area contributed by atoms with Crippen LogP contribution in [0.1, 0.15) is 156 Å². The molecule has 0 aliphatic heterocycles. The zero-order valence-electron chi connectivity index (χ0n) is 25.7. The maximum absolute atomic E-state index is 10.8. The van der Waals surface area contributed by atoms with Crippen molar-refractivity contribution in [2.75, 3.05) is 0 Å². The molecule has 0 fully saturated rings. The molecule has 5 heteroatoms. The van der Waals surface area contributed by atoms with Gasteiger partial charge in [-0.3, -0.25) is 0 Å². The van der Waals surface area contributed by atoms with Crippen molar-refractivity contribution in [1.29, 1.82) is 0 Å². The zero-order chi connectivity index (χ0) is 28.2. The van der Waals surface area contributed by atoms with Gasteiger partial charge in [0, 0.05) is 0 Å². The molecule has 0 amide bonds. The van der Waals surface area contributed by atoms with Crippen LogP contribution >= 0.6 is 0 Å². The number of hydrogen-bond acceptors (Lipinski definition) is 2. The molecule has 218 valence electrons. The van der Waals surface area contributed by atoms with Gasteiger partial charge < -0.3 is 21.5 Å². The molecule has 0 unspecified atom stereocenters. The first-order valence-electron chi connectivity index (χ1n) is 15.8. The van der Waals surface area contributed by atoms with Gasteiger partial charge in [0.1, 0.15) is 0 Å². The van der Waals surface area contributed by atoms with Crippen LogP contribution in [-0.4, -0.2) is 19.2 Å². The molecule has 4 nitrogen and oxygen atoms in total. The van der Waals surface area contributed by atoms with E-state index in [9.17, 15) is 10.0 Å². The van der Waals surface area contributed by atoms with Gasteiger partial charge in [-0.15, -0.1) is 5.46 Å². The fraction of sp³-hybridized carbons (Fsp3) is 0.812. The lowest BCUT2D eigenvalue weighted by Gasteiger charge is -2.26. The molecule has 0 saturated carbocycles. The number of unbranched alkanes of at least 4 members (excludes halogenated alkanes) is 17. The highest BCUT2D eigenvalue weighted by Gasteiger charge is 1.97. The summed E-state index contributed by atoms with van der Waals surface area (Å²) in [5.41, 5.74) is 8.87. The highest BCUT2D eigenvalue weighted by Crippen LogP contribution is 2.14. The van der Waals surface area contributed by atoms with E-state index in [0.717, 1.165) is 6.42 Å². The average Bonchev–Trinajstić information content (AvgIpc) is 2.83. The fourth-order valence-corrected chi connectivity index (χ4v) is 4.07. The van der Waals surface area contributed by atoms with Crippen molar-refractivity contribution in [1.82, 2.24) is 0 Å². The van der Waals surface area contributed by atoms with Gasteiger partial charge in [0.15, 0.2) is 0 Å². The van der Waals surface area contributed by atoms with E-state index in [1.165, 1.54) is 121 Å². The lowest BCUT2D eigenvalue weighted by Crippen LogP contribution is -2.57. The summed E-state index contributed by atoms with van der Waals surface area (Å²) >= 11 is 0. The van der Waals surface area contributed by atoms with E-state index in [-0.39, 0.29) is 0 Å². The topological polar surface area (TPSA) is 101 Å². The van der Waals surface area contributed by atoms with E-state index in [1.54, 1.807) is 12.1 Å². The maximum atomic E-state index is 10.8. The van der Waals surface area contributed by atoms with Gasteiger partial charge in [-0.05, 0) is 46.1 Å². The second kappa shape index (κ2) is 29.7. The van der Waals surface area contributed by atoms with Crippen LogP contribution in [0.3, 0.4) is 0 Å². The van der Waals surface area contributed by atoms with Gasteiger partial charge in [-0.2, -0.15) is 0 Å². The summed E-state index contributed by atoms with van der Waals surface area (Å²) in [6.45, 7) is 10.5. The van der Waals surface area contributed by atoms with Crippen molar-refractivity contribution < 1.29 is 21.5 Å². The molecule has 0 aromatic heterocycles. The maximum Gasteiger partial charge on any atom is 0.0786 e. The SMILES string of the molecule is CC(C)[NH3+].CC(C)[NH3+].CCCCCCCCCCCCCCCCCCCCc1ccc(B([O-])[O-])cc1. The normalized spacial score (nSPS) is 10.7. The summed E-state index contributed by atoms with van der Waals surface area (Å²) in [5, 5.41) is 21.6. The Morgan fingerprint density at radius 2 is 0.811 bits per heavy atom. The van der Waals surface area contributed by atoms with Crippen LogP contribution in [0.4, 0.5) is 0 Å². The largest absolute Gasteiger partial charge is 0.889 e. The molecule has 0 bridgehead atoms. The van der Waals surface area contributed by atoms with Crippen molar-refractivity contribution >= 4 is 12.6 Å². The van der Waals surface area contributed by atoms with E-state index in [1.807, 2.05) is 12.1 Å². The third-order valence-electron chi connectivity index (χ3n) is 6.07. The molecule has 6 N–H and O–H groups in total. The lowest BCUT2D eigenvalue weighted by molar-refractivity contribution is -0.408. The van der Waals surface area contributed by atoms with Crippen molar-refractivity contribution in [2.45, 2.75) is 169 Å². The molecule has 1 aromatic carbocycles. The van der Waals surface area contributed by atoms with Gasteiger partial charge in [0.2, 0.25) is 0 Å². The predicted molar refractivity (Wildman–Crippen MR) is 160 cm³/mol. The Kier molecular flexibility index (Phi) is 30.7. The van der Waals surface area contributed by atoms with Crippen molar-refractivity contribution in [2.24, 2.45) is 0 Å². The summed E-state index contributed by atoms with van der Waals surface area (Å²) in [5.74, 6) is 0. The average molecular weight is 521 g/mol. The standard InChI is InChI=1S/C26H45BO2.2C3H9N/c1-2-3-4-5-6-7-8-9-10-11-12-13-14-15-16-17-18-19-20-25-21-23-26(24-22-25)27(28)29;2*1-3(2)4/h21-24H,2-20H2,1H3;2*3H,4H2,1-2H3/q-2;;/p+2. The van der Waals surface area contributed by atoms with Crippen LogP contribution < -0.4 is 27.0 Å². The van der Waals surface area contributed by atoms with Crippen molar-refractivity contribution in [3.05, 3.63) is 29.8 Å². The fourth-order valence-electron chi connectivity index (χ4n) is 4.07. The van der Waals surface area contributed by atoms with Crippen LogP contribution in [0.5, 0.6) is 0 Å². The Bertz CT molecular complexity index is 539. The Morgan fingerprint density at radius 1 is 0.541 bits per heavy atom. The Labute approximate surface area is 232 Å². The quantitative estimate of drug-likeness (QED) is 0.188. The smallest absolute Gasteiger partial charge is 0.0786 e. The molecule has 0 spiro atoms. The number of aryl methyl sites for hydroxylation is 1. The molecule has 0 aliphatic rings. The molecular weight excluding hydrogens is 455 g/mol. The summed E-state index contributed by atoms with van der Waals surface area (Å²) in [4.78, 5) is 0. The number of rotatable bonds is 20. The van der Waals surface area contributed by atoms with E-state index < -0.39 is 7.12 Å². The highest BCUT2D eigenvalue weighted by atomic mass is 16.4. The molecule has 1 aromatic rings. The van der Waals surface area contributed by atoms with Crippen molar-refractivity contribution in [3.8, 4) is 0 Å². The minimum atomic E-state index is -1.85. The summed E-state index contributed by atoms with van der Waals surface area (Å²) in [7, 11) is -1.85. The molecular formula is C32H65BN2O2. The van der Waals surface area contributed by atoms with Crippen LogP contribution in [0.25, 0.3) is 0 Å². The third-order valence-corrected chi connectivity index (χ3v) is 6.07. The molecule has 37 heavy (non-hydrogen) atoms. The number of quaternary nitrogens is 2. The van der Waals surface area contributed by atoms with Crippen LogP contribution in [0.15, 0.2) is 24.3 Å². The lowest BCUT2D eigenvalue weighted by atomic mass is 9.80. The minimum Gasteiger partial charge on any atom is -0.889 e. The Balaban J connectivity index is 0. The van der Waals surface area contributed by atoms with Gasteiger partial charge in [-0.1, -0.05) is 147 Å². The predicted octanol–water partition coefficient (Wildman–Crippen LogP) is 4.96. The third kappa shape index (κ3) is 35.1. The number of hydrogen-bond donors (Lipinski definition) is 2. The molecule has 1 rings (SSSR count). The first-order valence-corrected chi connectivity index (χ1v) is 15.8. The summed E-state index contributed by atoms with van der Waals surface area (Å²) < 4.78 is 0. The molecule has 0 saturated heterocycles. The van der Waals surface area contributed by atoms with Gasteiger partial charge in [-0.25, -0.2) is 0 Å². The molecule has 0 heterocycles. The van der Waals surface area contributed by atoms with E-state index in [2.05, 4.69) is 46.1 Å². The van der Waals surface area contributed by atoms with Gasteiger partial charge in [0.25, 0.3) is 0 Å². The zero-order valence-corrected chi connectivity index (χ0v) is 25.7. The Hall–Kier alpha value is -0.875. The minimum absolute atomic E-state index is 0.353. The number of benzene rings is 1. The van der Waals surface area contributed by atoms with Crippen LogP contribution in [0, 0.1) is 0 Å². The second-order valence-corrected chi connectivity index (χ2v) is 11.6.